The van der Waals surface area contributed by atoms with Crippen molar-refractivity contribution in [2.45, 2.75) is 31.8 Å². The van der Waals surface area contributed by atoms with Crippen LogP contribution in [0.3, 0.4) is 0 Å². The number of aromatic hydroxyl groups is 1. The summed E-state index contributed by atoms with van der Waals surface area (Å²) in [6.07, 6.45) is 4.02. The molecule has 2 nitrogen and oxygen atoms in total. The number of thiophene rings is 1. The Kier molecular flexibility index (Phi) is 2.58. The first-order chi connectivity index (χ1) is 7.81. The molecule has 0 radical (unpaired) electrons. The first kappa shape index (κ1) is 10.1. The van der Waals surface area contributed by atoms with Gasteiger partial charge in [0.05, 0.1) is 0 Å². The highest BCUT2D eigenvalue weighted by molar-refractivity contribution is 7.19. The molecule has 0 bridgehead atoms. The first-order valence-corrected chi connectivity index (χ1v) is 6.58. The Morgan fingerprint density at radius 3 is 2.94 bits per heavy atom. The number of phenols is 1. The van der Waals surface area contributed by atoms with Crippen molar-refractivity contribution < 1.29 is 5.11 Å². The molecule has 0 spiro atoms. The Morgan fingerprint density at radius 1 is 1.31 bits per heavy atom. The van der Waals surface area contributed by atoms with Crippen LogP contribution in [0.2, 0.25) is 0 Å². The number of hydrogen-bond acceptors (Lipinski definition) is 3. The van der Waals surface area contributed by atoms with Gasteiger partial charge in [0.2, 0.25) is 0 Å². The predicted octanol–water partition coefficient (Wildman–Crippen LogP) is 3.25. The molecule has 0 amide bonds. The molecular formula is C13H15NOS. The van der Waals surface area contributed by atoms with E-state index in [9.17, 15) is 5.11 Å². The summed E-state index contributed by atoms with van der Waals surface area (Å²) in [7, 11) is 0. The summed E-state index contributed by atoms with van der Waals surface area (Å²) in [5, 5.41) is 14.2. The molecule has 3 heteroatoms. The number of nitrogens with one attached hydrogen (secondary N) is 1. The summed E-state index contributed by atoms with van der Waals surface area (Å²) in [5.41, 5.74) is 0. The van der Waals surface area contributed by atoms with Crippen molar-refractivity contribution in [1.82, 2.24) is 5.32 Å². The fraction of sp³-hybridized carbons (Fsp3) is 0.385. The summed E-state index contributed by atoms with van der Waals surface area (Å²) in [6, 6.07) is 8.52. The molecule has 16 heavy (non-hydrogen) atoms. The lowest BCUT2D eigenvalue weighted by Crippen LogP contribution is -2.34. The standard InChI is InChI=1S/C13H15NOS/c15-11-5-4-9-6-12(16-13(9)7-11)8-14-10-2-1-3-10/h4-7,10,14-15H,1-3,8H2. The zero-order chi connectivity index (χ0) is 11.0. The van der Waals surface area contributed by atoms with Gasteiger partial charge in [-0.3, -0.25) is 0 Å². The molecule has 1 aliphatic rings. The number of phenolic OH excluding ortho intramolecular Hbond substituents is 1. The minimum atomic E-state index is 0.354. The highest BCUT2D eigenvalue weighted by Gasteiger charge is 2.16. The second-order valence-electron chi connectivity index (χ2n) is 4.44. The van der Waals surface area contributed by atoms with Gasteiger partial charge in [-0.1, -0.05) is 6.42 Å². The largest absolute Gasteiger partial charge is 0.508 e. The quantitative estimate of drug-likeness (QED) is 0.853. The van der Waals surface area contributed by atoms with Gasteiger partial charge in [-0.05, 0) is 42.5 Å². The normalized spacial score (nSPS) is 16.5. The summed E-state index contributed by atoms with van der Waals surface area (Å²) in [5.74, 6) is 0.354. The Hall–Kier alpha value is -1.06. The lowest BCUT2D eigenvalue weighted by atomic mass is 9.93. The zero-order valence-electron chi connectivity index (χ0n) is 9.07. The average Bonchev–Trinajstić information content (AvgIpc) is 2.57. The van der Waals surface area contributed by atoms with E-state index in [2.05, 4.69) is 11.4 Å². The molecule has 2 N–H and O–H groups in total. The summed E-state index contributed by atoms with van der Waals surface area (Å²) in [4.78, 5) is 1.35. The Balaban J connectivity index is 1.76. The van der Waals surface area contributed by atoms with Gasteiger partial charge in [-0.15, -0.1) is 11.3 Å². The van der Waals surface area contributed by atoms with Crippen LogP contribution in [0, 0.1) is 0 Å². The molecule has 0 saturated heterocycles. The summed E-state index contributed by atoms with van der Waals surface area (Å²) in [6.45, 7) is 0.963. The fourth-order valence-electron chi connectivity index (χ4n) is 2.02. The van der Waals surface area contributed by atoms with Crippen molar-refractivity contribution in [3.05, 3.63) is 29.1 Å². The minimum absolute atomic E-state index is 0.354. The average molecular weight is 233 g/mol. The molecule has 1 saturated carbocycles. The Labute approximate surface area is 98.9 Å². The highest BCUT2D eigenvalue weighted by Crippen LogP contribution is 2.29. The molecule has 1 heterocycles. The van der Waals surface area contributed by atoms with E-state index in [-0.39, 0.29) is 0 Å². The SMILES string of the molecule is Oc1ccc2cc(CNC3CCC3)sc2c1. The maximum atomic E-state index is 9.40. The van der Waals surface area contributed by atoms with Crippen LogP contribution >= 0.6 is 11.3 Å². The Bertz CT molecular complexity index is 502. The van der Waals surface area contributed by atoms with E-state index < -0.39 is 0 Å². The molecule has 0 atom stereocenters. The van der Waals surface area contributed by atoms with Gasteiger partial charge in [-0.2, -0.15) is 0 Å². The third-order valence-corrected chi connectivity index (χ3v) is 4.32. The third-order valence-electron chi connectivity index (χ3n) is 3.22. The zero-order valence-corrected chi connectivity index (χ0v) is 9.89. The number of fused-ring (bicyclic) bond motifs is 1. The van der Waals surface area contributed by atoms with Crippen LogP contribution in [-0.4, -0.2) is 11.1 Å². The highest BCUT2D eigenvalue weighted by atomic mass is 32.1. The number of rotatable bonds is 3. The molecule has 1 aromatic heterocycles. The van der Waals surface area contributed by atoms with E-state index in [1.54, 1.807) is 17.4 Å². The van der Waals surface area contributed by atoms with Crippen molar-refractivity contribution in [1.29, 1.82) is 0 Å². The van der Waals surface area contributed by atoms with E-state index in [0.29, 0.717) is 5.75 Å². The molecule has 0 unspecified atom stereocenters. The lowest BCUT2D eigenvalue weighted by molar-refractivity contribution is 0.339. The van der Waals surface area contributed by atoms with Crippen LogP contribution in [0.15, 0.2) is 24.3 Å². The van der Waals surface area contributed by atoms with Gasteiger partial charge in [0, 0.05) is 22.2 Å². The molecule has 0 aliphatic heterocycles. The maximum absolute atomic E-state index is 9.40. The van der Waals surface area contributed by atoms with Crippen molar-refractivity contribution in [3.8, 4) is 5.75 Å². The topological polar surface area (TPSA) is 32.3 Å². The van der Waals surface area contributed by atoms with Crippen LogP contribution in [0.5, 0.6) is 5.75 Å². The van der Waals surface area contributed by atoms with Gasteiger partial charge < -0.3 is 10.4 Å². The van der Waals surface area contributed by atoms with Crippen LogP contribution < -0.4 is 5.32 Å². The van der Waals surface area contributed by atoms with Crippen LogP contribution in [0.4, 0.5) is 0 Å². The summed E-state index contributed by atoms with van der Waals surface area (Å²) >= 11 is 1.77. The van der Waals surface area contributed by atoms with Crippen molar-refractivity contribution in [2.75, 3.05) is 0 Å². The van der Waals surface area contributed by atoms with Crippen molar-refractivity contribution >= 4 is 21.4 Å². The number of benzene rings is 1. The van der Waals surface area contributed by atoms with E-state index in [4.69, 9.17) is 0 Å². The van der Waals surface area contributed by atoms with E-state index in [0.717, 1.165) is 12.6 Å². The molecule has 1 aromatic carbocycles. The van der Waals surface area contributed by atoms with Crippen molar-refractivity contribution in [2.24, 2.45) is 0 Å². The second kappa shape index (κ2) is 4.07. The molecule has 1 aliphatic carbocycles. The number of hydrogen-bond donors (Lipinski definition) is 2. The van der Waals surface area contributed by atoms with Crippen LogP contribution in [0.1, 0.15) is 24.1 Å². The summed E-state index contributed by atoms with van der Waals surface area (Å²) < 4.78 is 1.17. The smallest absolute Gasteiger partial charge is 0.117 e. The maximum Gasteiger partial charge on any atom is 0.117 e. The predicted molar refractivity (Wildman–Crippen MR) is 68.0 cm³/mol. The Morgan fingerprint density at radius 2 is 2.19 bits per heavy atom. The minimum Gasteiger partial charge on any atom is -0.508 e. The van der Waals surface area contributed by atoms with Gasteiger partial charge in [0.25, 0.3) is 0 Å². The third kappa shape index (κ3) is 1.93. The first-order valence-electron chi connectivity index (χ1n) is 5.76. The second-order valence-corrected chi connectivity index (χ2v) is 5.61. The van der Waals surface area contributed by atoms with Crippen LogP contribution in [-0.2, 0) is 6.54 Å². The fourth-order valence-corrected chi connectivity index (χ4v) is 3.07. The lowest BCUT2D eigenvalue weighted by Gasteiger charge is -2.26. The van der Waals surface area contributed by atoms with E-state index in [1.165, 1.54) is 34.2 Å². The molecule has 3 rings (SSSR count). The molecule has 84 valence electrons. The molecule has 2 aromatic rings. The van der Waals surface area contributed by atoms with Crippen LogP contribution in [0.25, 0.3) is 10.1 Å². The monoisotopic (exact) mass is 233 g/mol. The van der Waals surface area contributed by atoms with Gasteiger partial charge in [-0.25, -0.2) is 0 Å². The van der Waals surface area contributed by atoms with Crippen molar-refractivity contribution in [3.63, 3.8) is 0 Å². The van der Waals surface area contributed by atoms with Gasteiger partial charge in [0.1, 0.15) is 5.75 Å². The van der Waals surface area contributed by atoms with E-state index >= 15 is 0 Å². The molecular weight excluding hydrogens is 218 g/mol. The van der Waals surface area contributed by atoms with E-state index in [1.807, 2.05) is 12.1 Å². The van der Waals surface area contributed by atoms with Gasteiger partial charge >= 0.3 is 0 Å². The molecule has 1 fully saturated rings. The van der Waals surface area contributed by atoms with Gasteiger partial charge in [0.15, 0.2) is 0 Å².